The number of hydrogen-bond donors (Lipinski definition) is 1. The second-order valence-corrected chi connectivity index (χ2v) is 4.74. The number of para-hydroxylation sites is 2. The summed E-state index contributed by atoms with van der Waals surface area (Å²) in [5, 5.41) is 10.1. The molecular weight excluding hydrogens is 224 g/mol. The van der Waals surface area contributed by atoms with Gasteiger partial charge in [-0.3, -0.25) is 0 Å². The molecule has 18 heavy (non-hydrogen) atoms. The second kappa shape index (κ2) is 6.01. The minimum Gasteiger partial charge on any atom is -0.385 e. The van der Waals surface area contributed by atoms with Gasteiger partial charge in [-0.05, 0) is 25.0 Å². The number of rotatable bonds is 6. The molecule has 0 aliphatic heterocycles. The lowest BCUT2D eigenvalue weighted by molar-refractivity contribution is 0.159. The van der Waals surface area contributed by atoms with Crippen LogP contribution in [0.5, 0.6) is 0 Å². The number of hydrogen-bond acceptors (Lipinski definition) is 2. The Kier molecular flexibility index (Phi) is 4.37. The van der Waals surface area contributed by atoms with Crippen LogP contribution in [-0.2, 0) is 6.54 Å². The molecule has 3 heteroatoms. The van der Waals surface area contributed by atoms with Gasteiger partial charge in [0.15, 0.2) is 0 Å². The zero-order valence-corrected chi connectivity index (χ0v) is 11.3. The number of aryl methyl sites for hydroxylation is 1. The summed E-state index contributed by atoms with van der Waals surface area (Å²) in [5.74, 6) is 0.815. The van der Waals surface area contributed by atoms with E-state index in [1.54, 1.807) is 0 Å². The third-order valence-electron chi connectivity index (χ3n) is 3.35. The highest BCUT2D eigenvalue weighted by Crippen LogP contribution is 2.23. The monoisotopic (exact) mass is 246 g/mol. The molecule has 0 spiro atoms. The first-order chi connectivity index (χ1) is 8.77. The highest BCUT2D eigenvalue weighted by molar-refractivity contribution is 5.75. The van der Waals surface area contributed by atoms with Gasteiger partial charge >= 0.3 is 0 Å². The van der Waals surface area contributed by atoms with E-state index < -0.39 is 6.10 Å². The summed E-state index contributed by atoms with van der Waals surface area (Å²) < 4.78 is 2.18. The maximum absolute atomic E-state index is 10.1. The van der Waals surface area contributed by atoms with Gasteiger partial charge in [0, 0.05) is 6.54 Å². The van der Waals surface area contributed by atoms with E-state index in [9.17, 15) is 5.11 Å². The number of imidazole rings is 1. The largest absolute Gasteiger partial charge is 0.385 e. The van der Waals surface area contributed by atoms with Gasteiger partial charge in [-0.2, -0.15) is 0 Å². The number of aliphatic hydroxyl groups excluding tert-OH is 1. The molecule has 0 unspecified atom stereocenters. The lowest BCUT2D eigenvalue weighted by atomic mass is 10.2. The minimum atomic E-state index is -0.459. The van der Waals surface area contributed by atoms with Crippen LogP contribution < -0.4 is 0 Å². The van der Waals surface area contributed by atoms with Gasteiger partial charge in [-0.15, -0.1) is 0 Å². The highest BCUT2D eigenvalue weighted by Gasteiger charge is 2.15. The van der Waals surface area contributed by atoms with Gasteiger partial charge in [0.2, 0.25) is 0 Å². The minimum absolute atomic E-state index is 0.459. The lowest BCUT2D eigenvalue weighted by Crippen LogP contribution is -2.08. The molecule has 1 aromatic heterocycles. The number of nitrogens with zero attached hydrogens (tertiary/aromatic N) is 2. The van der Waals surface area contributed by atoms with Crippen LogP contribution in [0.2, 0.25) is 0 Å². The molecule has 0 saturated heterocycles. The molecule has 0 radical (unpaired) electrons. The molecule has 3 nitrogen and oxygen atoms in total. The first-order valence-electron chi connectivity index (χ1n) is 6.91. The molecule has 2 rings (SSSR count). The van der Waals surface area contributed by atoms with E-state index in [0.29, 0.717) is 6.42 Å². The normalized spacial score (nSPS) is 13.1. The van der Waals surface area contributed by atoms with E-state index in [0.717, 1.165) is 29.8 Å². The lowest BCUT2D eigenvalue weighted by Gasteiger charge is -2.12. The van der Waals surface area contributed by atoms with Crippen LogP contribution in [0.15, 0.2) is 24.3 Å². The molecule has 0 saturated carbocycles. The van der Waals surface area contributed by atoms with Crippen LogP contribution in [0.1, 0.15) is 51.5 Å². The summed E-state index contributed by atoms with van der Waals surface area (Å²) in [6.45, 7) is 5.13. The SMILES string of the molecule is CCCCCn1c([C@H](O)CC)nc2ccccc21. The van der Waals surface area contributed by atoms with Gasteiger partial charge in [-0.1, -0.05) is 38.8 Å². The predicted octanol–water partition coefficient (Wildman–Crippen LogP) is 3.67. The van der Waals surface area contributed by atoms with E-state index in [1.165, 1.54) is 12.8 Å². The van der Waals surface area contributed by atoms with Crippen LogP contribution in [-0.4, -0.2) is 14.7 Å². The topological polar surface area (TPSA) is 38.0 Å². The standard InChI is InChI=1S/C15H22N2O/c1-3-5-8-11-17-13-10-7-6-9-12(13)16-15(17)14(18)4-2/h6-7,9-10,14,18H,3-5,8,11H2,1-2H3/t14-/m1/s1. The Bertz CT molecular complexity index is 504. The summed E-state index contributed by atoms with van der Waals surface area (Å²) in [7, 11) is 0. The number of aliphatic hydroxyl groups is 1. The number of benzene rings is 1. The Labute approximate surface area is 108 Å². The van der Waals surface area contributed by atoms with E-state index in [-0.39, 0.29) is 0 Å². The first kappa shape index (κ1) is 13.1. The predicted molar refractivity (Wildman–Crippen MR) is 74.5 cm³/mol. The fraction of sp³-hybridized carbons (Fsp3) is 0.533. The third-order valence-corrected chi connectivity index (χ3v) is 3.35. The summed E-state index contributed by atoms with van der Waals surface area (Å²) in [5.41, 5.74) is 2.12. The van der Waals surface area contributed by atoms with Gasteiger partial charge < -0.3 is 9.67 Å². The van der Waals surface area contributed by atoms with Gasteiger partial charge in [0.05, 0.1) is 11.0 Å². The molecule has 0 bridgehead atoms. The van der Waals surface area contributed by atoms with Crippen LogP contribution >= 0.6 is 0 Å². The van der Waals surface area contributed by atoms with Crippen molar-refractivity contribution in [3.8, 4) is 0 Å². The Morgan fingerprint density at radius 1 is 1.22 bits per heavy atom. The molecule has 1 heterocycles. The Morgan fingerprint density at radius 2 is 2.00 bits per heavy atom. The zero-order valence-electron chi connectivity index (χ0n) is 11.3. The van der Waals surface area contributed by atoms with E-state index >= 15 is 0 Å². The summed E-state index contributed by atoms with van der Waals surface area (Å²) in [6.07, 6.45) is 3.81. The number of unbranched alkanes of at least 4 members (excludes halogenated alkanes) is 2. The molecule has 0 fully saturated rings. The van der Waals surface area contributed by atoms with Crippen molar-refractivity contribution in [3.05, 3.63) is 30.1 Å². The molecule has 0 amide bonds. The van der Waals surface area contributed by atoms with Gasteiger partial charge in [0.1, 0.15) is 11.9 Å². The van der Waals surface area contributed by atoms with Crippen molar-refractivity contribution in [2.24, 2.45) is 0 Å². The summed E-state index contributed by atoms with van der Waals surface area (Å²) >= 11 is 0. The van der Waals surface area contributed by atoms with Crippen molar-refractivity contribution in [1.82, 2.24) is 9.55 Å². The average Bonchev–Trinajstić information content (AvgIpc) is 2.77. The smallest absolute Gasteiger partial charge is 0.138 e. The third kappa shape index (κ3) is 2.56. The fourth-order valence-corrected chi connectivity index (χ4v) is 2.29. The quantitative estimate of drug-likeness (QED) is 0.790. The Balaban J connectivity index is 2.37. The first-order valence-corrected chi connectivity index (χ1v) is 6.91. The van der Waals surface area contributed by atoms with Gasteiger partial charge in [0.25, 0.3) is 0 Å². The maximum atomic E-state index is 10.1. The van der Waals surface area contributed by atoms with Crippen LogP contribution in [0.25, 0.3) is 11.0 Å². The summed E-state index contributed by atoms with van der Waals surface area (Å²) in [4.78, 5) is 4.58. The second-order valence-electron chi connectivity index (χ2n) is 4.74. The van der Waals surface area contributed by atoms with Crippen molar-refractivity contribution >= 4 is 11.0 Å². The molecular formula is C15H22N2O. The molecule has 1 N–H and O–H groups in total. The van der Waals surface area contributed by atoms with Crippen LogP contribution in [0.4, 0.5) is 0 Å². The van der Waals surface area contributed by atoms with Crippen molar-refractivity contribution in [1.29, 1.82) is 0 Å². The van der Waals surface area contributed by atoms with E-state index in [1.807, 2.05) is 25.1 Å². The number of fused-ring (bicyclic) bond motifs is 1. The molecule has 2 aromatic rings. The van der Waals surface area contributed by atoms with Gasteiger partial charge in [-0.25, -0.2) is 4.98 Å². The molecule has 0 aliphatic rings. The maximum Gasteiger partial charge on any atom is 0.138 e. The van der Waals surface area contributed by atoms with Crippen LogP contribution in [0.3, 0.4) is 0 Å². The molecule has 1 aromatic carbocycles. The fourth-order valence-electron chi connectivity index (χ4n) is 2.29. The molecule has 98 valence electrons. The number of aromatic nitrogens is 2. The highest BCUT2D eigenvalue weighted by atomic mass is 16.3. The molecule has 1 atom stereocenters. The summed E-state index contributed by atoms with van der Waals surface area (Å²) in [6, 6.07) is 8.12. The van der Waals surface area contributed by atoms with Crippen LogP contribution in [0, 0.1) is 0 Å². The molecule has 0 aliphatic carbocycles. The Hall–Kier alpha value is -1.35. The zero-order chi connectivity index (χ0) is 13.0. The average molecular weight is 246 g/mol. The van der Waals surface area contributed by atoms with Crippen molar-refractivity contribution < 1.29 is 5.11 Å². The van der Waals surface area contributed by atoms with Crippen molar-refractivity contribution in [2.45, 2.75) is 52.2 Å². The Morgan fingerprint density at radius 3 is 2.72 bits per heavy atom. The van der Waals surface area contributed by atoms with Crippen molar-refractivity contribution in [2.75, 3.05) is 0 Å². The van der Waals surface area contributed by atoms with E-state index in [2.05, 4.69) is 22.5 Å². The van der Waals surface area contributed by atoms with Crippen molar-refractivity contribution in [3.63, 3.8) is 0 Å². The van der Waals surface area contributed by atoms with E-state index in [4.69, 9.17) is 0 Å².